The Morgan fingerprint density at radius 3 is 2.14 bits per heavy atom. The fourth-order valence-electron chi connectivity index (χ4n) is 5.47. The van der Waals surface area contributed by atoms with Crippen molar-refractivity contribution in [3.8, 4) is 17.2 Å². The van der Waals surface area contributed by atoms with Crippen molar-refractivity contribution in [2.24, 2.45) is 5.73 Å². The average Bonchev–Trinajstić information content (AvgIpc) is 2.91. The highest BCUT2D eigenvalue weighted by molar-refractivity contribution is 5.86. The molecule has 0 spiro atoms. The molecule has 6 nitrogen and oxygen atoms in total. The highest BCUT2D eigenvalue weighted by Gasteiger charge is 2.35. The van der Waals surface area contributed by atoms with E-state index in [2.05, 4.69) is 64.5 Å². The third kappa shape index (κ3) is 6.73. The quantitative estimate of drug-likeness (QED) is 0.552. The van der Waals surface area contributed by atoms with Gasteiger partial charge < -0.3 is 16.0 Å². The van der Waals surface area contributed by atoms with Gasteiger partial charge in [-0.3, -0.25) is 9.69 Å². The van der Waals surface area contributed by atoms with E-state index in [1.54, 1.807) is 0 Å². The van der Waals surface area contributed by atoms with Crippen molar-refractivity contribution in [3.63, 3.8) is 0 Å². The molecule has 2 aromatic rings. The van der Waals surface area contributed by atoms with E-state index in [1.165, 1.54) is 37.2 Å². The second-order valence-electron chi connectivity index (χ2n) is 10.5. The van der Waals surface area contributed by atoms with E-state index in [4.69, 9.17) is 5.73 Å². The molecule has 0 bridgehead atoms. The Morgan fingerprint density at radius 2 is 1.56 bits per heavy atom. The van der Waals surface area contributed by atoms with E-state index in [0.29, 0.717) is 0 Å². The zero-order chi connectivity index (χ0) is 25.4. The molecule has 6 heteroatoms. The molecule has 192 valence electrons. The molecule has 2 aliphatic rings. The molecule has 1 saturated heterocycles. The molecule has 1 atom stereocenters. The smallest absolute Gasteiger partial charge is 0.240 e. The third-order valence-electron chi connectivity index (χ3n) is 7.83. The van der Waals surface area contributed by atoms with Gasteiger partial charge in [0.15, 0.2) is 0 Å². The SMILES string of the molecule is CCCN1CCN(Cc2ccc(-c3ccc(C(C#N)CNC(=O)C4(N)CCCCC4)cc3)cc2)CC1. The Hall–Kier alpha value is -2.72. The Labute approximate surface area is 216 Å². The maximum absolute atomic E-state index is 12.7. The molecular formula is C30H41N5O. The van der Waals surface area contributed by atoms with Gasteiger partial charge in [0.25, 0.3) is 0 Å². The predicted molar refractivity (Wildman–Crippen MR) is 145 cm³/mol. The number of nitrogens with two attached hydrogens (primary N) is 1. The summed E-state index contributed by atoms with van der Waals surface area (Å²) in [5, 5.41) is 12.7. The normalized spacial score (nSPS) is 19.4. The van der Waals surface area contributed by atoms with Gasteiger partial charge in [0, 0.05) is 39.3 Å². The Balaban J connectivity index is 1.30. The van der Waals surface area contributed by atoms with Gasteiger partial charge in [-0.15, -0.1) is 0 Å². The molecular weight excluding hydrogens is 446 g/mol. The minimum absolute atomic E-state index is 0.123. The van der Waals surface area contributed by atoms with Crippen molar-refractivity contribution in [1.29, 1.82) is 5.26 Å². The van der Waals surface area contributed by atoms with Crippen LogP contribution in [-0.4, -0.2) is 60.5 Å². The first-order chi connectivity index (χ1) is 17.5. The molecule has 2 fully saturated rings. The lowest BCUT2D eigenvalue weighted by molar-refractivity contribution is -0.127. The first-order valence-electron chi connectivity index (χ1n) is 13.6. The third-order valence-corrected chi connectivity index (χ3v) is 7.83. The number of nitrogens with zero attached hydrogens (tertiary/aromatic N) is 3. The molecule has 3 N–H and O–H groups in total. The number of carbonyl (C=O) groups is 1. The van der Waals surface area contributed by atoms with E-state index in [-0.39, 0.29) is 12.5 Å². The van der Waals surface area contributed by atoms with Crippen LogP contribution in [0.2, 0.25) is 0 Å². The second kappa shape index (κ2) is 12.5. The minimum atomic E-state index is -0.780. The molecule has 2 aromatic carbocycles. The summed E-state index contributed by atoms with van der Waals surface area (Å²) < 4.78 is 0. The number of carbonyl (C=O) groups excluding carboxylic acids is 1. The first kappa shape index (κ1) is 26.3. The summed E-state index contributed by atoms with van der Waals surface area (Å²) in [7, 11) is 0. The van der Waals surface area contributed by atoms with E-state index < -0.39 is 11.5 Å². The van der Waals surface area contributed by atoms with Crippen LogP contribution < -0.4 is 11.1 Å². The Morgan fingerprint density at radius 1 is 0.972 bits per heavy atom. The van der Waals surface area contributed by atoms with Crippen LogP contribution in [0, 0.1) is 11.3 Å². The summed E-state index contributed by atoms with van der Waals surface area (Å²) in [6.45, 7) is 9.34. The number of benzene rings is 2. The van der Waals surface area contributed by atoms with Crippen LogP contribution in [0.3, 0.4) is 0 Å². The van der Waals surface area contributed by atoms with E-state index >= 15 is 0 Å². The van der Waals surface area contributed by atoms with Crippen LogP contribution >= 0.6 is 0 Å². The minimum Gasteiger partial charge on any atom is -0.353 e. The lowest BCUT2D eigenvalue weighted by Crippen LogP contribution is -2.55. The van der Waals surface area contributed by atoms with E-state index in [1.807, 2.05) is 12.1 Å². The molecule has 1 heterocycles. The van der Waals surface area contributed by atoms with E-state index in [0.717, 1.165) is 62.9 Å². The van der Waals surface area contributed by atoms with Gasteiger partial charge >= 0.3 is 0 Å². The summed E-state index contributed by atoms with van der Waals surface area (Å²) in [4.78, 5) is 17.7. The van der Waals surface area contributed by atoms with Gasteiger partial charge in [-0.25, -0.2) is 0 Å². The zero-order valence-electron chi connectivity index (χ0n) is 21.7. The summed E-state index contributed by atoms with van der Waals surface area (Å²) >= 11 is 0. The van der Waals surface area contributed by atoms with Gasteiger partial charge in [-0.1, -0.05) is 74.7 Å². The molecule has 1 unspecified atom stereocenters. The topological polar surface area (TPSA) is 85.4 Å². The molecule has 4 rings (SSSR count). The monoisotopic (exact) mass is 487 g/mol. The van der Waals surface area contributed by atoms with E-state index in [9.17, 15) is 10.1 Å². The van der Waals surface area contributed by atoms with Crippen LogP contribution in [0.5, 0.6) is 0 Å². The number of nitrogens with one attached hydrogen (secondary N) is 1. The number of hydrogen-bond acceptors (Lipinski definition) is 5. The fourth-order valence-corrected chi connectivity index (χ4v) is 5.47. The summed E-state index contributed by atoms with van der Waals surface area (Å²) in [5.41, 5.74) is 10.1. The van der Waals surface area contributed by atoms with Crippen molar-refractivity contribution in [2.75, 3.05) is 39.3 Å². The second-order valence-corrected chi connectivity index (χ2v) is 10.5. The lowest BCUT2D eigenvalue weighted by Gasteiger charge is -2.34. The molecule has 36 heavy (non-hydrogen) atoms. The number of rotatable bonds is 9. The number of amides is 1. The highest BCUT2D eigenvalue weighted by atomic mass is 16.2. The lowest BCUT2D eigenvalue weighted by atomic mass is 9.82. The molecule has 1 amide bonds. The fraction of sp³-hybridized carbons (Fsp3) is 0.533. The van der Waals surface area contributed by atoms with Crippen molar-refractivity contribution in [3.05, 3.63) is 59.7 Å². The molecule has 0 radical (unpaired) electrons. The largest absolute Gasteiger partial charge is 0.353 e. The first-order valence-corrected chi connectivity index (χ1v) is 13.6. The van der Waals surface area contributed by atoms with Gasteiger partial charge in [0.2, 0.25) is 5.91 Å². The number of hydrogen-bond donors (Lipinski definition) is 2. The van der Waals surface area contributed by atoms with Gasteiger partial charge in [-0.05, 0) is 48.1 Å². The predicted octanol–water partition coefficient (Wildman–Crippen LogP) is 4.27. The van der Waals surface area contributed by atoms with Gasteiger partial charge in [-0.2, -0.15) is 5.26 Å². The molecule has 1 aliphatic heterocycles. The van der Waals surface area contributed by atoms with Crippen molar-refractivity contribution in [1.82, 2.24) is 15.1 Å². The van der Waals surface area contributed by atoms with Crippen LogP contribution in [0.1, 0.15) is 62.5 Å². The summed E-state index contributed by atoms with van der Waals surface area (Å²) in [6.07, 6.45) is 5.79. The van der Waals surface area contributed by atoms with Crippen molar-refractivity contribution in [2.45, 2.75) is 63.5 Å². The maximum atomic E-state index is 12.7. The zero-order valence-corrected chi connectivity index (χ0v) is 21.7. The molecule has 1 aliphatic carbocycles. The Bertz CT molecular complexity index is 1010. The average molecular weight is 488 g/mol. The van der Waals surface area contributed by atoms with Crippen LogP contribution in [0.4, 0.5) is 0 Å². The van der Waals surface area contributed by atoms with Crippen LogP contribution in [0.15, 0.2) is 48.5 Å². The van der Waals surface area contributed by atoms with Gasteiger partial charge in [0.1, 0.15) is 0 Å². The standard InChI is InChI=1S/C30H41N5O/c1-2-16-34-17-19-35(20-18-34)23-24-6-8-25(9-7-24)26-10-12-27(13-11-26)28(21-31)22-33-29(36)30(32)14-4-3-5-15-30/h6-13,28H,2-5,14-20,22-23,32H2,1H3,(H,33,36). The highest BCUT2D eigenvalue weighted by Crippen LogP contribution is 2.27. The molecule has 1 saturated carbocycles. The summed E-state index contributed by atoms with van der Waals surface area (Å²) in [6, 6.07) is 19.3. The van der Waals surface area contributed by atoms with Crippen molar-refractivity contribution < 1.29 is 4.79 Å². The maximum Gasteiger partial charge on any atom is 0.240 e. The number of piperazine rings is 1. The van der Waals surface area contributed by atoms with Crippen molar-refractivity contribution >= 4 is 5.91 Å². The van der Waals surface area contributed by atoms with Crippen LogP contribution in [-0.2, 0) is 11.3 Å². The van der Waals surface area contributed by atoms with Gasteiger partial charge in [0.05, 0.1) is 17.5 Å². The van der Waals surface area contributed by atoms with Crippen LogP contribution in [0.25, 0.3) is 11.1 Å². The number of nitriles is 1. The molecule has 0 aromatic heterocycles. The Kier molecular flexibility index (Phi) is 9.14. The summed E-state index contributed by atoms with van der Waals surface area (Å²) in [5.74, 6) is -0.516.